The maximum absolute atomic E-state index is 13.1. The van der Waals surface area contributed by atoms with E-state index in [0.29, 0.717) is 31.7 Å². The van der Waals surface area contributed by atoms with Crippen molar-refractivity contribution >= 4 is 11.8 Å². The minimum atomic E-state index is -0.661. The van der Waals surface area contributed by atoms with Crippen molar-refractivity contribution < 1.29 is 24.5 Å². The molecule has 5 N–H and O–H groups in total. The van der Waals surface area contributed by atoms with Crippen LogP contribution in [0, 0.1) is 5.92 Å². The van der Waals surface area contributed by atoms with E-state index in [1.165, 1.54) is 17.0 Å². The van der Waals surface area contributed by atoms with Crippen molar-refractivity contribution in [2.24, 2.45) is 11.7 Å². The first-order chi connectivity index (χ1) is 12.9. The summed E-state index contributed by atoms with van der Waals surface area (Å²) in [5, 5.41) is 22.1. The Kier molecular flexibility index (Phi) is 7.44. The fraction of sp³-hybridized carbons (Fsp3) is 0.579. The molecule has 27 heavy (non-hydrogen) atoms. The summed E-state index contributed by atoms with van der Waals surface area (Å²) in [5.41, 5.74) is 6.04. The normalized spacial score (nSPS) is 21.2. The zero-order valence-electron chi connectivity index (χ0n) is 15.9. The van der Waals surface area contributed by atoms with Gasteiger partial charge in [0.2, 0.25) is 11.8 Å². The highest BCUT2D eigenvalue weighted by atomic mass is 16.5. The molecule has 8 heteroatoms. The number of rotatable bonds is 9. The first-order valence-corrected chi connectivity index (χ1v) is 9.28. The maximum Gasteiger partial charge on any atom is 0.246 e. The van der Waals surface area contributed by atoms with Crippen molar-refractivity contribution in [1.29, 1.82) is 0 Å². The van der Waals surface area contributed by atoms with Crippen molar-refractivity contribution in [1.82, 2.24) is 10.2 Å². The number of benzene rings is 1. The Morgan fingerprint density at radius 2 is 2.00 bits per heavy atom. The van der Waals surface area contributed by atoms with E-state index >= 15 is 0 Å². The van der Waals surface area contributed by atoms with Crippen LogP contribution in [-0.2, 0) is 20.9 Å². The van der Waals surface area contributed by atoms with E-state index < -0.39 is 12.1 Å². The third-order valence-corrected chi connectivity index (χ3v) is 4.93. The SMILES string of the molecule is CCC(C)C1NC(=O)C(CCOCCN)N(Cc2ccc(O)c(O)c2)C1=O. The molecule has 1 aromatic carbocycles. The zero-order chi connectivity index (χ0) is 20.0. The number of phenolic OH excluding ortho intramolecular Hbond substituents is 2. The number of amides is 2. The van der Waals surface area contributed by atoms with Crippen LogP contribution in [0.15, 0.2) is 18.2 Å². The molecule has 1 aromatic rings. The Balaban J connectivity index is 2.22. The van der Waals surface area contributed by atoms with Gasteiger partial charge in [-0.3, -0.25) is 9.59 Å². The molecular formula is C19H29N3O5. The van der Waals surface area contributed by atoms with E-state index in [1.807, 2.05) is 13.8 Å². The molecule has 1 aliphatic rings. The third kappa shape index (κ3) is 5.11. The van der Waals surface area contributed by atoms with Crippen LogP contribution in [0.1, 0.15) is 32.3 Å². The molecule has 2 rings (SSSR count). The molecule has 0 bridgehead atoms. The second-order valence-electron chi connectivity index (χ2n) is 6.87. The Morgan fingerprint density at radius 3 is 2.63 bits per heavy atom. The summed E-state index contributed by atoms with van der Waals surface area (Å²) in [7, 11) is 0. The lowest BCUT2D eigenvalue weighted by Crippen LogP contribution is -2.64. The van der Waals surface area contributed by atoms with Gasteiger partial charge in [0.1, 0.15) is 12.1 Å². The van der Waals surface area contributed by atoms with Crippen molar-refractivity contribution in [2.75, 3.05) is 19.8 Å². The lowest BCUT2D eigenvalue weighted by atomic mass is 9.93. The molecule has 0 aliphatic carbocycles. The van der Waals surface area contributed by atoms with E-state index in [1.54, 1.807) is 6.07 Å². The van der Waals surface area contributed by atoms with Crippen molar-refractivity contribution in [2.45, 2.75) is 45.3 Å². The topological polar surface area (TPSA) is 125 Å². The molecule has 3 unspecified atom stereocenters. The van der Waals surface area contributed by atoms with Gasteiger partial charge in [0.15, 0.2) is 11.5 Å². The molecule has 0 radical (unpaired) electrons. The van der Waals surface area contributed by atoms with E-state index in [0.717, 1.165) is 6.42 Å². The largest absolute Gasteiger partial charge is 0.504 e. The molecule has 150 valence electrons. The second kappa shape index (κ2) is 9.57. The summed E-state index contributed by atoms with van der Waals surface area (Å²) in [6.45, 7) is 5.16. The lowest BCUT2D eigenvalue weighted by molar-refractivity contribution is -0.152. The summed E-state index contributed by atoms with van der Waals surface area (Å²) >= 11 is 0. The summed E-state index contributed by atoms with van der Waals surface area (Å²) < 4.78 is 5.38. The van der Waals surface area contributed by atoms with Crippen LogP contribution < -0.4 is 11.1 Å². The molecule has 2 amide bonds. The fourth-order valence-electron chi connectivity index (χ4n) is 3.13. The smallest absolute Gasteiger partial charge is 0.246 e. The Labute approximate surface area is 159 Å². The van der Waals surface area contributed by atoms with Crippen LogP contribution in [0.4, 0.5) is 0 Å². The van der Waals surface area contributed by atoms with E-state index in [4.69, 9.17) is 10.5 Å². The van der Waals surface area contributed by atoms with Gasteiger partial charge in [0.25, 0.3) is 0 Å². The molecule has 3 atom stereocenters. The van der Waals surface area contributed by atoms with E-state index in [-0.39, 0.29) is 35.8 Å². The van der Waals surface area contributed by atoms with Gasteiger partial charge in [-0.05, 0) is 23.6 Å². The zero-order valence-corrected chi connectivity index (χ0v) is 15.9. The van der Waals surface area contributed by atoms with Gasteiger partial charge in [0, 0.05) is 26.1 Å². The van der Waals surface area contributed by atoms with E-state index in [2.05, 4.69) is 5.32 Å². The number of carbonyl (C=O) groups is 2. The van der Waals surface area contributed by atoms with Gasteiger partial charge in [-0.2, -0.15) is 0 Å². The quantitative estimate of drug-likeness (QED) is 0.370. The number of nitrogens with two attached hydrogens (primary N) is 1. The van der Waals surface area contributed by atoms with Gasteiger partial charge < -0.3 is 30.9 Å². The standard InChI is InChI=1S/C19H29N3O5/c1-3-12(2)17-19(26)22(11-13-4-5-15(23)16(24)10-13)14(18(25)21-17)6-8-27-9-7-20/h4-5,10,12,14,17,23-24H,3,6-9,11,20H2,1-2H3,(H,21,25). The van der Waals surface area contributed by atoms with Crippen LogP contribution in [-0.4, -0.2) is 58.8 Å². The fourth-order valence-corrected chi connectivity index (χ4v) is 3.13. The van der Waals surface area contributed by atoms with Crippen LogP contribution >= 0.6 is 0 Å². The Hall–Kier alpha value is -2.32. The van der Waals surface area contributed by atoms with Crippen LogP contribution in [0.5, 0.6) is 11.5 Å². The number of carbonyl (C=O) groups excluding carboxylic acids is 2. The average molecular weight is 379 g/mol. The van der Waals surface area contributed by atoms with Gasteiger partial charge in [-0.1, -0.05) is 26.3 Å². The summed E-state index contributed by atoms with van der Waals surface area (Å²) in [6.07, 6.45) is 1.11. The number of nitrogens with one attached hydrogen (secondary N) is 1. The summed E-state index contributed by atoms with van der Waals surface area (Å²) in [4.78, 5) is 27.3. The van der Waals surface area contributed by atoms with Gasteiger partial charge in [0.05, 0.1) is 6.61 Å². The first kappa shape index (κ1) is 21.0. The van der Waals surface area contributed by atoms with Crippen molar-refractivity contribution in [3.63, 3.8) is 0 Å². The molecular weight excluding hydrogens is 350 g/mol. The number of hydrogen-bond acceptors (Lipinski definition) is 6. The van der Waals surface area contributed by atoms with Crippen molar-refractivity contribution in [3.05, 3.63) is 23.8 Å². The minimum Gasteiger partial charge on any atom is -0.504 e. The second-order valence-corrected chi connectivity index (χ2v) is 6.87. The maximum atomic E-state index is 13.1. The Morgan fingerprint density at radius 1 is 1.26 bits per heavy atom. The molecule has 1 heterocycles. The highest BCUT2D eigenvalue weighted by Crippen LogP contribution is 2.27. The number of aromatic hydroxyl groups is 2. The van der Waals surface area contributed by atoms with Crippen LogP contribution in [0.25, 0.3) is 0 Å². The molecule has 0 spiro atoms. The summed E-state index contributed by atoms with van der Waals surface area (Å²) in [6, 6.07) is 3.15. The van der Waals surface area contributed by atoms with Gasteiger partial charge >= 0.3 is 0 Å². The molecule has 0 aromatic heterocycles. The van der Waals surface area contributed by atoms with Gasteiger partial charge in [-0.15, -0.1) is 0 Å². The highest BCUT2D eigenvalue weighted by Gasteiger charge is 2.41. The first-order valence-electron chi connectivity index (χ1n) is 9.28. The Bertz CT molecular complexity index is 667. The third-order valence-electron chi connectivity index (χ3n) is 4.93. The molecule has 1 saturated heterocycles. The lowest BCUT2D eigenvalue weighted by Gasteiger charge is -2.41. The number of nitrogens with zero attached hydrogens (tertiary/aromatic N) is 1. The summed E-state index contributed by atoms with van der Waals surface area (Å²) in [5.74, 6) is -0.848. The highest BCUT2D eigenvalue weighted by molar-refractivity contribution is 5.97. The molecule has 1 fully saturated rings. The predicted octanol–water partition coefficient (Wildman–Crippen LogP) is 0.705. The van der Waals surface area contributed by atoms with Crippen LogP contribution in [0.3, 0.4) is 0 Å². The van der Waals surface area contributed by atoms with E-state index in [9.17, 15) is 19.8 Å². The molecule has 0 saturated carbocycles. The number of ether oxygens (including phenoxy) is 1. The minimum absolute atomic E-state index is 0.00612. The average Bonchev–Trinajstić information content (AvgIpc) is 2.65. The van der Waals surface area contributed by atoms with Gasteiger partial charge in [-0.25, -0.2) is 0 Å². The number of piperazine rings is 1. The monoisotopic (exact) mass is 379 g/mol. The van der Waals surface area contributed by atoms with Crippen LogP contribution in [0.2, 0.25) is 0 Å². The number of hydrogen-bond donors (Lipinski definition) is 4. The number of phenols is 2. The molecule has 1 aliphatic heterocycles. The molecule has 8 nitrogen and oxygen atoms in total. The van der Waals surface area contributed by atoms with Crippen molar-refractivity contribution in [3.8, 4) is 11.5 Å². The predicted molar refractivity (Wildman–Crippen MR) is 100.0 cm³/mol.